The van der Waals surface area contributed by atoms with Gasteiger partial charge in [-0.25, -0.2) is 0 Å². The van der Waals surface area contributed by atoms with Crippen molar-refractivity contribution in [3.8, 4) is 11.8 Å². The fraction of sp³-hybridized carbons (Fsp3) is 0.111. The highest BCUT2D eigenvalue weighted by Gasteiger charge is 2.14. The molecule has 0 unspecified atom stereocenters. The second kappa shape index (κ2) is 8.26. The molecule has 0 aliphatic heterocycles. The molecule has 0 aliphatic rings. The van der Waals surface area contributed by atoms with Crippen molar-refractivity contribution in [2.45, 2.75) is 6.42 Å². The minimum absolute atomic E-state index is 0.173. The van der Waals surface area contributed by atoms with Crippen molar-refractivity contribution < 1.29 is 14.8 Å². The topological polar surface area (TPSA) is 116 Å². The van der Waals surface area contributed by atoms with Crippen LogP contribution in [0.5, 0.6) is 5.75 Å². The molecule has 2 aromatic carbocycles. The Bertz CT molecular complexity index is 854. The number of aromatic hydroxyl groups is 1. The minimum Gasteiger partial charge on any atom is -0.502 e. The lowest BCUT2D eigenvalue weighted by Crippen LogP contribution is -2.26. The molecule has 0 saturated heterocycles. The zero-order chi connectivity index (χ0) is 18.2. The molecule has 0 saturated carbocycles. The third-order valence-electron chi connectivity index (χ3n) is 3.41. The van der Waals surface area contributed by atoms with Crippen LogP contribution in [0.4, 0.5) is 5.69 Å². The predicted molar refractivity (Wildman–Crippen MR) is 91.5 cm³/mol. The first-order valence-corrected chi connectivity index (χ1v) is 7.42. The number of nitriles is 1. The summed E-state index contributed by atoms with van der Waals surface area (Å²) in [7, 11) is 0. The van der Waals surface area contributed by atoms with Gasteiger partial charge in [0.05, 0.1) is 4.92 Å². The second-order valence-corrected chi connectivity index (χ2v) is 5.17. The smallest absolute Gasteiger partial charge is 0.311 e. The van der Waals surface area contributed by atoms with Crippen LogP contribution >= 0.6 is 0 Å². The maximum atomic E-state index is 12.1. The number of hydrogen-bond acceptors (Lipinski definition) is 5. The molecule has 2 N–H and O–H groups in total. The summed E-state index contributed by atoms with van der Waals surface area (Å²) in [6, 6.07) is 15.0. The SMILES string of the molecule is N#C/C(=C\c1ccc(O)c([N+](=O)[O-])c1)C(=O)NCCc1ccccc1. The van der Waals surface area contributed by atoms with E-state index in [2.05, 4.69) is 5.32 Å². The molecule has 0 spiro atoms. The minimum atomic E-state index is -0.737. The Morgan fingerprint density at radius 3 is 2.64 bits per heavy atom. The summed E-state index contributed by atoms with van der Waals surface area (Å²) in [4.78, 5) is 22.2. The number of nitro benzene ring substituents is 1. The molecule has 0 heterocycles. The van der Waals surface area contributed by atoms with Gasteiger partial charge in [0.1, 0.15) is 11.6 Å². The Morgan fingerprint density at radius 1 is 1.28 bits per heavy atom. The van der Waals surface area contributed by atoms with Crippen molar-refractivity contribution in [3.63, 3.8) is 0 Å². The van der Waals surface area contributed by atoms with E-state index in [0.717, 1.165) is 17.7 Å². The number of nitrogens with zero attached hydrogens (tertiary/aromatic N) is 2. The lowest BCUT2D eigenvalue weighted by molar-refractivity contribution is -0.385. The Morgan fingerprint density at radius 2 is 2.00 bits per heavy atom. The van der Waals surface area contributed by atoms with Gasteiger partial charge in [-0.3, -0.25) is 14.9 Å². The zero-order valence-corrected chi connectivity index (χ0v) is 13.2. The average Bonchev–Trinajstić information content (AvgIpc) is 2.61. The van der Waals surface area contributed by atoms with Crippen LogP contribution in [0.1, 0.15) is 11.1 Å². The number of benzene rings is 2. The van der Waals surface area contributed by atoms with Gasteiger partial charge in [-0.15, -0.1) is 0 Å². The van der Waals surface area contributed by atoms with Crippen LogP contribution < -0.4 is 5.32 Å². The summed E-state index contributed by atoms with van der Waals surface area (Å²) in [6.07, 6.45) is 1.86. The van der Waals surface area contributed by atoms with Crippen LogP contribution in [-0.4, -0.2) is 22.5 Å². The molecule has 7 nitrogen and oxygen atoms in total. The van der Waals surface area contributed by atoms with Gasteiger partial charge in [-0.05, 0) is 29.7 Å². The lowest BCUT2D eigenvalue weighted by atomic mass is 10.1. The number of carbonyl (C=O) groups is 1. The van der Waals surface area contributed by atoms with Crippen LogP contribution in [0, 0.1) is 21.4 Å². The van der Waals surface area contributed by atoms with Gasteiger partial charge in [0, 0.05) is 12.6 Å². The van der Waals surface area contributed by atoms with Gasteiger partial charge < -0.3 is 10.4 Å². The predicted octanol–water partition coefficient (Wildman–Crippen LogP) is 2.57. The van der Waals surface area contributed by atoms with Crippen molar-refractivity contribution in [1.82, 2.24) is 5.32 Å². The fourth-order valence-corrected chi connectivity index (χ4v) is 2.15. The fourth-order valence-electron chi connectivity index (χ4n) is 2.15. The molecular formula is C18H15N3O4. The van der Waals surface area contributed by atoms with E-state index in [0.29, 0.717) is 13.0 Å². The van der Waals surface area contributed by atoms with E-state index in [9.17, 15) is 20.0 Å². The number of amides is 1. The number of nitro groups is 1. The lowest BCUT2D eigenvalue weighted by Gasteiger charge is -2.05. The Balaban J connectivity index is 2.06. The van der Waals surface area contributed by atoms with Crippen LogP contribution in [0.3, 0.4) is 0 Å². The monoisotopic (exact) mass is 337 g/mol. The third-order valence-corrected chi connectivity index (χ3v) is 3.41. The second-order valence-electron chi connectivity index (χ2n) is 5.17. The van der Waals surface area contributed by atoms with Crippen molar-refractivity contribution in [1.29, 1.82) is 5.26 Å². The summed E-state index contributed by atoms with van der Waals surface area (Å²) in [5.41, 5.74) is 0.669. The molecule has 7 heteroatoms. The van der Waals surface area contributed by atoms with Gasteiger partial charge in [0.25, 0.3) is 5.91 Å². The number of carbonyl (C=O) groups excluding carboxylic acids is 1. The molecule has 0 radical (unpaired) electrons. The van der Waals surface area contributed by atoms with Crippen molar-refractivity contribution in [2.75, 3.05) is 6.54 Å². The van der Waals surface area contributed by atoms with Gasteiger partial charge in [0.2, 0.25) is 0 Å². The highest BCUT2D eigenvalue weighted by atomic mass is 16.6. The highest BCUT2D eigenvalue weighted by molar-refractivity contribution is 6.01. The normalized spacial score (nSPS) is 10.8. The van der Waals surface area contributed by atoms with E-state index in [-0.39, 0.29) is 11.1 Å². The van der Waals surface area contributed by atoms with Gasteiger partial charge in [-0.2, -0.15) is 5.26 Å². The van der Waals surface area contributed by atoms with Crippen molar-refractivity contribution >= 4 is 17.7 Å². The maximum Gasteiger partial charge on any atom is 0.311 e. The summed E-state index contributed by atoms with van der Waals surface area (Å²) in [6.45, 7) is 0.359. The maximum absolute atomic E-state index is 12.1. The van der Waals surface area contributed by atoms with Crippen LogP contribution in [0.15, 0.2) is 54.1 Å². The van der Waals surface area contributed by atoms with Crippen LogP contribution in [-0.2, 0) is 11.2 Å². The standard InChI is InChI=1S/C18H15N3O4/c19-12-15(10-14-6-7-17(22)16(11-14)21(24)25)18(23)20-9-8-13-4-2-1-3-5-13/h1-7,10-11,22H,8-9H2,(H,20,23)/b15-10+. The third kappa shape index (κ3) is 4.91. The highest BCUT2D eigenvalue weighted by Crippen LogP contribution is 2.27. The first-order valence-electron chi connectivity index (χ1n) is 7.42. The largest absolute Gasteiger partial charge is 0.502 e. The first kappa shape index (κ1) is 17.7. The number of phenols is 1. The first-order chi connectivity index (χ1) is 12.0. The Kier molecular flexibility index (Phi) is 5.85. The number of hydrogen-bond donors (Lipinski definition) is 2. The van der Waals surface area contributed by atoms with E-state index in [4.69, 9.17) is 5.26 Å². The number of rotatable bonds is 6. The molecule has 0 atom stereocenters. The molecule has 2 rings (SSSR count). The molecule has 126 valence electrons. The Hall–Kier alpha value is -3.66. The van der Waals surface area contributed by atoms with E-state index in [1.807, 2.05) is 30.3 Å². The molecule has 1 amide bonds. The summed E-state index contributed by atoms with van der Waals surface area (Å²) in [5.74, 6) is -1.04. The summed E-state index contributed by atoms with van der Waals surface area (Å²) < 4.78 is 0. The molecule has 0 aliphatic carbocycles. The van der Waals surface area contributed by atoms with Gasteiger partial charge in [0.15, 0.2) is 5.75 Å². The number of phenolic OH excluding ortho intramolecular Hbond substituents is 1. The Labute approximate surface area is 144 Å². The van der Waals surface area contributed by atoms with E-state index < -0.39 is 22.3 Å². The molecule has 2 aromatic rings. The average molecular weight is 337 g/mol. The van der Waals surface area contributed by atoms with E-state index in [1.54, 1.807) is 6.07 Å². The molecule has 25 heavy (non-hydrogen) atoms. The molecule has 0 aromatic heterocycles. The molecule has 0 fully saturated rings. The van der Waals surface area contributed by atoms with Gasteiger partial charge >= 0.3 is 5.69 Å². The van der Waals surface area contributed by atoms with Crippen LogP contribution in [0.2, 0.25) is 0 Å². The van der Waals surface area contributed by atoms with E-state index in [1.165, 1.54) is 12.1 Å². The van der Waals surface area contributed by atoms with E-state index >= 15 is 0 Å². The molecule has 0 bridgehead atoms. The van der Waals surface area contributed by atoms with Crippen LogP contribution in [0.25, 0.3) is 6.08 Å². The summed E-state index contributed by atoms with van der Waals surface area (Å²) in [5, 5.41) is 32.0. The summed E-state index contributed by atoms with van der Waals surface area (Å²) >= 11 is 0. The number of nitrogens with one attached hydrogen (secondary N) is 1. The van der Waals surface area contributed by atoms with Gasteiger partial charge in [-0.1, -0.05) is 36.4 Å². The quantitative estimate of drug-likeness (QED) is 0.364. The van der Waals surface area contributed by atoms with Crippen molar-refractivity contribution in [2.24, 2.45) is 0 Å². The zero-order valence-electron chi connectivity index (χ0n) is 13.2. The molecular weight excluding hydrogens is 322 g/mol. The van der Waals surface area contributed by atoms with Crippen molar-refractivity contribution in [3.05, 3.63) is 75.3 Å².